The number of hydrogen-bond acceptors (Lipinski definition) is 4. The molecule has 0 atom stereocenters. The lowest BCUT2D eigenvalue weighted by molar-refractivity contribution is 0.415. The summed E-state index contributed by atoms with van der Waals surface area (Å²) in [6.45, 7) is 0. The van der Waals surface area contributed by atoms with Gasteiger partial charge in [0.15, 0.2) is 5.65 Å². The SMILES string of the molecule is COc1ccc(-c2cn3c(-c4ccccc4)cnc3c(SC)n2)cc1. The molecule has 0 radical (unpaired) electrons. The van der Waals surface area contributed by atoms with E-state index in [1.165, 1.54) is 0 Å². The van der Waals surface area contributed by atoms with E-state index in [1.807, 2.05) is 61.1 Å². The number of methoxy groups -OCH3 is 1. The molecule has 0 fully saturated rings. The fourth-order valence-electron chi connectivity index (χ4n) is 2.82. The summed E-state index contributed by atoms with van der Waals surface area (Å²) in [4.78, 5) is 9.38. The molecular formula is C20H17N3OS. The summed E-state index contributed by atoms with van der Waals surface area (Å²) < 4.78 is 7.36. The molecule has 4 rings (SSSR count). The van der Waals surface area contributed by atoms with Gasteiger partial charge in [0, 0.05) is 17.3 Å². The molecule has 0 aliphatic heterocycles. The number of aromatic nitrogens is 3. The highest BCUT2D eigenvalue weighted by Crippen LogP contribution is 2.29. The first kappa shape index (κ1) is 15.7. The molecule has 0 spiro atoms. The van der Waals surface area contributed by atoms with Gasteiger partial charge in [0.05, 0.1) is 24.7 Å². The zero-order valence-corrected chi connectivity index (χ0v) is 14.8. The third-order valence-electron chi connectivity index (χ3n) is 4.11. The number of imidazole rings is 1. The normalized spacial score (nSPS) is 11.0. The Kier molecular flexibility index (Phi) is 4.15. The molecule has 0 saturated heterocycles. The minimum Gasteiger partial charge on any atom is -0.497 e. The van der Waals surface area contributed by atoms with E-state index in [0.717, 1.165) is 38.9 Å². The van der Waals surface area contributed by atoms with Gasteiger partial charge in [-0.25, -0.2) is 9.97 Å². The first-order valence-electron chi connectivity index (χ1n) is 7.92. The van der Waals surface area contributed by atoms with E-state index >= 15 is 0 Å². The summed E-state index contributed by atoms with van der Waals surface area (Å²) in [5.41, 5.74) is 5.03. The van der Waals surface area contributed by atoms with Crippen molar-refractivity contribution in [3.05, 3.63) is 67.0 Å². The number of ether oxygens (including phenoxy) is 1. The Balaban J connectivity index is 1.91. The van der Waals surface area contributed by atoms with Crippen LogP contribution in [0, 0.1) is 0 Å². The van der Waals surface area contributed by atoms with Gasteiger partial charge < -0.3 is 4.74 Å². The molecule has 0 aliphatic carbocycles. The molecule has 0 bridgehead atoms. The van der Waals surface area contributed by atoms with E-state index in [-0.39, 0.29) is 0 Å². The van der Waals surface area contributed by atoms with Crippen LogP contribution in [0.15, 0.2) is 72.0 Å². The number of nitrogens with zero attached hydrogens (tertiary/aromatic N) is 3. The van der Waals surface area contributed by atoms with Crippen LogP contribution < -0.4 is 4.74 Å². The summed E-state index contributed by atoms with van der Waals surface area (Å²) >= 11 is 1.60. The molecule has 25 heavy (non-hydrogen) atoms. The van der Waals surface area contributed by atoms with Crippen molar-refractivity contribution in [1.29, 1.82) is 0 Å². The minimum absolute atomic E-state index is 0.836. The topological polar surface area (TPSA) is 39.4 Å². The van der Waals surface area contributed by atoms with Crippen LogP contribution in [-0.2, 0) is 0 Å². The molecule has 0 amide bonds. The Hall–Kier alpha value is -2.79. The molecule has 2 heterocycles. The zero-order valence-electron chi connectivity index (χ0n) is 14.0. The number of hydrogen-bond donors (Lipinski definition) is 0. The van der Waals surface area contributed by atoms with Crippen molar-refractivity contribution in [2.45, 2.75) is 5.03 Å². The first-order valence-corrected chi connectivity index (χ1v) is 9.14. The lowest BCUT2D eigenvalue weighted by Crippen LogP contribution is -1.96. The van der Waals surface area contributed by atoms with E-state index in [1.54, 1.807) is 18.9 Å². The van der Waals surface area contributed by atoms with Gasteiger partial charge in [-0.3, -0.25) is 4.40 Å². The third kappa shape index (κ3) is 2.87. The molecule has 2 aromatic carbocycles. The van der Waals surface area contributed by atoms with Gasteiger partial charge in [0.25, 0.3) is 0 Å². The van der Waals surface area contributed by atoms with Gasteiger partial charge >= 0.3 is 0 Å². The molecule has 124 valence electrons. The average molecular weight is 347 g/mol. The number of rotatable bonds is 4. The second-order valence-corrected chi connectivity index (χ2v) is 6.36. The second kappa shape index (κ2) is 6.61. The smallest absolute Gasteiger partial charge is 0.170 e. The van der Waals surface area contributed by atoms with Gasteiger partial charge in [0.2, 0.25) is 0 Å². The van der Waals surface area contributed by atoms with Crippen molar-refractivity contribution in [3.63, 3.8) is 0 Å². The minimum atomic E-state index is 0.836. The zero-order chi connectivity index (χ0) is 17.2. The van der Waals surface area contributed by atoms with Crippen molar-refractivity contribution in [2.24, 2.45) is 0 Å². The van der Waals surface area contributed by atoms with Crippen LogP contribution in [0.1, 0.15) is 0 Å². The van der Waals surface area contributed by atoms with E-state index < -0.39 is 0 Å². The summed E-state index contributed by atoms with van der Waals surface area (Å²) in [5, 5.41) is 0.912. The third-order valence-corrected chi connectivity index (χ3v) is 4.77. The van der Waals surface area contributed by atoms with Crippen molar-refractivity contribution in [1.82, 2.24) is 14.4 Å². The van der Waals surface area contributed by atoms with Crippen LogP contribution in [0.3, 0.4) is 0 Å². The number of thioether (sulfide) groups is 1. The summed E-state index contributed by atoms with van der Waals surface area (Å²) in [6.07, 6.45) is 5.98. The van der Waals surface area contributed by atoms with Crippen molar-refractivity contribution in [3.8, 4) is 28.3 Å². The number of benzene rings is 2. The molecule has 0 N–H and O–H groups in total. The van der Waals surface area contributed by atoms with Crippen LogP contribution in [0.4, 0.5) is 0 Å². The predicted octanol–water partition coefficient (Wildman–Crippen LogP) is 4.79. The molecule has 2 aromatic heterocycles. The van der Waals surface area contributed by atoms with Gasteiger partial charge in [-0.05, 0) is 30.5 Å². The van der Waals surface area contributed by atoms with E-state index in [4.69, 9.17) is 9.72 Å². The van der Waals surface area contributed by atoms with Gasteiger partial charge in [-0.2, -0.15) is 0 Å². The Morgan fingerprint density at radius 2 is 1.72 bits per heavy atom. The van der Waals surface area contributed by atoms with Crippen LogP contribution in [-0.4, -0.2) is 27.7 Å². The van der Waals surface area contributed by atoms with Gasteiger partial charge in [-0.1, -0.05) is 30.3 Å². The molecule has 5 heteroatoms. The van der Waals surface area contributed by atoms with E-state index in [9.17, 15) is 0 Å². The van der Waals surface area contributed by atoms with Crippen LogP contribution in [0.5, 0.6) is 5.75 Å². The summed E-state index contributed by atoms with van der Waals surface area (Å²) in [5.74, 6) is 0.836. The summed E-state index contributed by atoms with van der Waals surface area (Å²) in [7, 11) is 1.67. The Labute approximate surface area is 150 Å². The lowest BCUT2D eigenvalue weighted by Gasteiger charge is -2.09. The first-order chi connectivity index (χ1) is 12.3. The molecule has 0 aliphatic rings. The Bertz CT molecular complexity index is 1010. The Morgan fingerprint density at radius 3 is 2.40 bits per heavy atom. The highest BCUT2D eigenvalue weighted by Gasteiger charge is 2.13. The molecule has 0 unspecified atom stereocenters. The van der Waals surface area contributed by atoms with E-state index in [0.29, 0.717) is 0 Å². The maximum atomic E-state index is 5.25. The van der Waals surface area contributed by atoms with Crippen molar-refractivity contribution < 1.29 is 4.74 Å². The highest BCUT2D eigenvalue weighted by atomic mass is 32.2. The highest BCUT2D eigenvalue weighted by molar-refractivity contribution is 7.98. The van der Waals surface area contributed by atoms with E-state index in [2.05, 4.69) is 21.5 Å². The van der Waals surface area contributed by atoms with Gasteiger partial charge in [-0.15, -0.1) is 11.8 Å². The van der Waals surface area contributed by atoms with Crippen LogP contribution in [0.2, 0.25) is 0 Å². The fraction of sp³-hybridized carbons (Fsp3) is 0.100. The maximum Gasteiger partial charge on any atom is 0.170 e. The molecule has 4 nitrogen and oxygen atoms in total. The fourth-order valence-corrected chi connectivity index (χ4v) is 3.34. The predicted molar refractivity (Wildman–Crippen MR) is 102 cm³/mol. The largest absolute Gasteiger partial charge is 0.497 e. The molecular weight excluding hydrogens is 330 g/mol. The van der Waals surface area contributed by atoms with Gasteiger partial charge in [0.1, 0.15) is 10.8 Å². The lowest BCUT2D eigenvalue weighted by atomic mass is 10.1. The monoisotopic (exact) mass is 347 g/mol. The quantitative estimate of drug-likeness (QED) is 0.497. The Morgan fingerprint density at radius 1 is 0.960 bits per heavy atom. The maximum absolute atomic E-state index is 5.25. The molecule has 0 saturated carbocycles. The second-order valence-electron chi connectivity index (χ2n) is 5.57. The van der Waals surface area contributed by atoms with Crippen molar-refractivity contribution >= 4 is 17.4 Å². The average Bonchev–Trinajstić information content (AvgIpc) is 3.12. The van der Waals surface area contributed by atoms with Crippen LogP contribution >= 0.6 is 11.8 Å². The summed E-state index contributed by atoms with van der Waals surface area (Å²) in [6, 6.07) is 18.2. The van der Waals surface area contributed by atoms with Crippen LogP contribution in [0.25, 0.3) is 28.2 Å². The number of fused-ring (bicyclic) bond motifs is 1. The standard InChI is InChI=1S/C20H17N3OS/c1-24-16-10-8-14(9-11-16)17-13-23-18(15-6-4-3-5-7-15)12-21-19(23)20(22-17)25-2/h3-13H,1-2H3. The molecule has 4 aromatic rings. The van der Waals surface area contributed by atoms with Crippen molar-refractivity contribution in [2.75, 3.05) is 13.4 Å².